The molecule has 110 valence electrons. The molecule has 0 spiro atoms. The molecule has 1 aromatic rings. The number of thioether (sulfide) groups is 1. The number of hydrogen-bond acceptors (Lipinski definition) is 3. The zero-order valence-electron chi connectivity index (χ0n) is 11.0. The van der Waals surface area contributed by atoms with Crippen LogP contribution in [0.25, 0.3) is 0 Å². The normalized spacial score (nSPS) is 19.1. The van der Waals surface area contributed by atoms with E-state index in [4.69, 9.17) is 11.1 Å². The molecule has 1 atom stereocenters. The van der Waals surface area contributed by atoms with Gasteiger partial charge in [-0.2, -0.15) is 24.9 Å². The lowest BCUT2D eigenvalue weighted by Crippen LogP contribution is -2.33. The second-order valence-corrected chi connectivity index (χ2v) is 5.92. The molecule has 1 unspecified atom stereocenters. The SMILES string of the molecule is CN(c1ccc(C(F)(F)F)cc1C(=N)N)C1CCSC1. The lowest BCUT2D eigenvalue weighted by molar-refractivity contribution is -0.137. The van der Waals surface area contributed by atoms with Crippen molar-refractivity contribution in [3.63, 3.8) is 0 Å². The number of nitrogens with one attached hydrogen (secondary N) is 1. The van der Waals surface area contributed by atoms with Crippen molar-refractivity contribution in [1.29, 1.82) is 5.41 Å². The third kappa shape index (κ3) is 3.03. The first kappa shape index (κ1) is 15.0. The van der Waals surface area contributed by atoms with Gasteiger partial charge in [-0.1, -0.05) is 0 Å². The van der Waals surface area contributed by atoms with Crippen LogP contribution in [0.2, 0.25) is 0 Å². The van der Waals surface area contributed by atoms with Crippen LogP contribution in [0.5, 0.6) is 0 Å². The van der Waals surface area contributed by atoms with Crippen LogP contribution >= 0.6 is 11.8 Å². The van der Waals surface area contributed by atoms with Gasteiger partial charge in [0.05, 0.1) is 5.56 Å². The molecule has 1 heterocycles. The molecule has 1 aromatic carbocycles. The van der Waals surface area contributed by atoms with Gasteiger partial charge < -0.3 is 10.6 Å². The Morgan fingerprint density at radius 2 is 2.15 bits per heavy atom. The van der Waals surface area contributed by atoms with E-state index in [1.807, 2.05) is 23.7 Å². The Balaban J connectivity index is 2.39. The second kappa shape index (κ2) is 5.55. The molecule has 7 heteroatoms. The summed E-state index contributed by atoms with van der Waals surface area (Å²) in [7, 11) is 1.84. The van der Waals surface area contributed by atoms with Crippen LogP contribution in [0, 0.1) is 5.41 Å². The average molecular weight is 303 g/mol. The smallest absolute Gasteiger partial charge is 0.384 e. The second-order valence-electron chi connectivity index (χ2n) is 4.77. The number of nitrogen functional groups attached to an aromatic ring is 1. The maximum atomic E-state index is 12.7. The summed E-state index contributed by atoms with van der Waals surface area (Å²) in [6, 6.07) is 3.67. The predicted octanol–water partition coefficient (Wildman–Crippen LogP) is 2.93. The first-order chi connectivity index (χ1) is 9.30. The lowest BCUT2D eigenvalue weighted by Gasteiger charge is -2.28. The highest BCUT2D eigenvalue weighted by molar-refractivity contribution is 7.99. The van der Waals surface area contributed by atoms with Gasteiger partial charge >= 0.3 is 6.18 Å². The molecule has 0 saturated carbocycles. The average Bonchev–Trinajstić information content (AvgIpc) is 2.89. The minimum absolute atomic E-state index is 0.138. The number of amidine groups is 1. The van der Waals surface area contributed by atoms with Crippen molar-refractivity contribution in [3.8, 4) is 0 Å². The van der Waals surface area contributed by atoms with Gasteiger partial charge in [0, 0.05) is 30.1 Å². The van der Waals surface area contributed by atoms with E-state index < -0.39 is 11.7 Å². The molecule has 0 aromatic heterocycles. The predicted molar refractivity (Wildman–Crippen MR) is 76.6 cm³/mol. The Labute approximate surface area is 119 Å². The van der Waals surface area contributed by atoms with Crippen LogP contribution < -0.4 is 10.6 Å². The standard InChI is InChI=1S/C13H16F3N3S/c1-19(9-4-5-20-7-9)11-3-2-8(13(14,15)16)6-10(11)12(17)18/h2-3,6,9H,4-5,7H2,1H3,(H3,17,18). The highest BCUT2D eigenvalue weighted by atomic mass is 32.2. The first-order valence-corrected chi connectivity index (χ1v) is 7.32. The minimum Gasteiger partial charge on any atom is -0.384 e. The lowest BCUT2D eigenvalue weighted by atomic mass is 10.0. The Morgan fingerprint density at radius 3 is 2.65 bits per heavy atom. The molecule has 0 aliphatic carbocycles. The molecular weight excluding hydrogens is 287 g/mol. The highest BCUT2D eigenvalue weighted by Crippen LogP contribution is 2.34. The Morgan fingerprint density at radius 1 is 1.45 bits per heavy atom. The van der Waals surface area contributed by atoms with Gasteiger partial charge in [-0.05, 0) is 30.4 Å². The van der Waals surface area contributed by atoms with Crippen molar-refractivity contribution in [3.05, 3.63) is 29.3 Å². The Hall–Kier alpha value is -1.37. The molecule has 1 aliphatic heterocycles. The van der Waals surface area contributed by atoms with Gasteiger partial charge in [0.1, 0.15) is 5.84 Å². The largest absolute Gasteiger partial charge is 0.416 e. The molecule has 3 nitrogen and oxygen atoms in total. The number of rotatable bonds is 3. The zero-order valence-corrected chi connectivity index (χ0v) is 11.8. The number of halogens is 3. The van der Waals surface area contributed by atoms with Crippen molar-refractivity contribution < 1.29 is 13.2 Å². The first-order valence-electron chi connectivity index (χ1n) is 6.17. The molecular formula is C13H16F3N3S. The maximum Gasteiger partial charge on any atom is 0.416 e. The molecule has 20 heavy (non-hydrogen) atoms. The Bertz CT molecular complexity index is 510. The summed E-state index contributed by atoms with van der Waals surface area (Å²) < 4.78 is 38.2. The van der Waals surface area contributed by atoms with Gasteiger partial charge in [-0.15, -0.1) is 0 Å². The van der Waals surface area contributed by atoms with Crippen LogP contribution in [-0.2, 0) is 6.18 Å². The molecule has 3 N–H and O–H groups in total. The monoisotopic (exact) mass is 303 g/mol. The van der Waals surface area contributed by atoms with Gasteiger partial charge in [0.15, 0.2) is 0 Å². The zero-order chi connectivity index (χ0) is 14.9. The quantitative estimate of drug-likeness (QED) is 0.667. The number of nitrogens with zero attached hydrogens (tertiary/aromatic N) is 1. The van der Waals surface area contributed by atoms with Crippen LogP contribution in [-0.4, -0.2) is 30.4 Å². The van der Waals surface area contributed by atoms with E-state index in [0.717, 1.165) is 30.1 Å². The summed E-state index contributed by atoms with van der Waals surface area (Å²) in [4.78, 5) is 1.93. The number of anilines is 1. The number of benzene rings is 1. The van der Waals surface area contributed by atoms with Crippen LogP contribution in [0.1, 0.15) is 17.5 Å². The van der Waals surface area contributed by atoms with Crippen molar-refractivity contribution >= 4 is 23.3 Å². The third-order valence-electron chi connectivity index (χ3n) is 3.45. The van der Waals surface area contributed by atoms with Crippen LogP contribution in [0.3, 0.4) is 0 Å². The van der Waals surface area contributed by atoms with Crippen LogP contribution in [0.4, 0.5) is 18.9 Å². The molecule has 2 rings (SSSR count). The summed E-state index contributed by atoms with van der Waals surface area (Å²) in [5, 5.41) is 7.52. The third-order valence-corrected chi connectivity index (χ3v) is 4.59. The maximum absolute atomic E-state index is 12.7. The minimum atomic E-state index is -4.43. The fraction of sp³-hybridized carbons (Fsp3) is 0.462. The summed E-state index contributed by atoms with van der Waals surface area (Å²) in [5.41, 5.74) is 5.39. The molecule has 0 radical (unpaired) electrons. The number of hydrogen-bond donors (Lipinski definition) is 2. The van der Waals surface area contributed by atoms with E-state index in [9.17, 15) is 13.2 Å². The van der Waals surface area contributed by atoms with E-state index in [-0.39, 0.29) is 17.4 Å². The van der Waals surface area contributed by atoms with Crippen molar-refractivity contribution in [2.24, 2.45) is 5.73 Å². The highest BCUT2D eigenvalue weighted by Gasteiger charge is 2.32. The summed E-state index contributed by atoms with van der Waals surface area (Å²) in [6.07, 6.45) is -3.44. The van der Waals surface area contributed by atoms with Crippen molar-refractivity contribution in [2.45, 2.75) is 18.6 Å². The molecule has 0 bridgehead atoms. The van der Waals surface area contributed by atoms with E-state index in [2.05, 4.69) is 0 Å². The van der Waals surface area contributed by atoms with Gasteiger partial charge in [0.25, 0.3) is 0 Å². The fourth-order valence-electron chi connectivity index (χ4n) is 2.26. The van der Waals surface area contributed by atoms with E-state index in [1.165, 1.54) is 6.07 Å². The molecule has 1 fully saturated rings. The number of nitrogens with two attached hydrogens (primary N) is 1. The van der Waals surface area contributed by atoms with Gasteiger partial charge in [0.2, 0.25) is 0 Å². The molecule has 0 amide bonds. The topological polar surface area (TPSA) is 53.1 Å². The Kier molecular flexibility index (Phi) is 4.17. The number of alkyl halides is 3. The van der Waals surface area contributed by atoms with Crippen molar-refractivity contribution in [2.75, 3.05) is 23.5 Å². The fourth-order valence-corrected chi connectivity index (χ4v) is 3.53. The van der Waals surface area contributed by atoms with Crippen molar-refractivity contribution in [1.82, 2.24) is 0 Å². The summed E-state index contributed by atoms with van der Waals surface area (Å²) >= 11 is 1.82. The summed E-state index contributed by atoms with van der Waals surface area (Å²) in [5.74, 6) is 1.64. The van der Waals surface area contributed by atoms with Gasteiger partial charge in [-0.25, -0.2) is 0 Å². The molecule has 1 aliphatic rings. The van der Waals surface area contributed by atoms with E-state index in [0.29, 0.717) is 5.69 Å². The van der Waals surface area contributed by atoms with E-state index in [1.54, 1.807) is 0 Å². The van der Waals surface area contributed by atoms with E-state index >= 15 is 0 Å². The van der Waals surface area contributed by atoms with Gasteiger partial charge in [-0.3, -0.25) is 5.41 Å². The summed E-state index contributed by atoms with van der Waals surface area (Å²) in [6.45, 7) is 0. The molecule has 1 saturated heterocycles. The van der Waals surface area contributed by atoms with Crippen LogP contribution in [0.15, 0.2) is 18.2 Å².